The third kappa shape index (κ3) is 8.76. The Morgan fingerprint density at radius 2 is 1.70 bits per heavy atom. The predicted octanol–water partition coefficient (Wildman–Crippen LogP) is -0.822. The minimum atomic E-state index is -1.15. The van der Waals surface area contributed by atoms with E-state index in [1.807, 2.05) is 0 Å². The zero-order valence-corrected chi connectivity index (χ0v) is 17.6. The zero-order chi connectivity index (χ0) is 22.8. The second-order valence-electron chi connectivity index (χ2n) is 7.53. The van der Waals surface area contributed by atoms with Gasteiger partial charge in [-0.3, -0.25) is 24.0 Å². The number of primary amides is 1. The summed E-state index contributed by atoms with van der Waals surface area (Å²) in [5.74, 6) is -3.33. The van der Waals surface area contributed by atoms with Crippen LogP contribution in [-0.4, -0.2) is 65.0 Å². The molecule has 1 rings (SSSR count). The molecule has 5 atom stereocenters. The van der Waals surface area contributed by atoms with Gasteiger partial charge < -0.3 is 31.5 Å². The van der Waals surface area contributed by atoms with Crippen molar-refractivity contribution in [3.05, 3.63) is 0 Å². The summed E-state index contributed by atoms with van der Waals surface area (Å²) in [6.45, 7) is 4.41. The van der Waals surface area contributed by atoms with Crippen molar-refractivity contribution < 1.29 is 33.8 Å². The molecule has 0 aliphatic heterocycles. The van der Waals surface area contributed by atoms with Gasteiger partial charge in [-0.1, -0.05) is 12.8 Å². The monoisotopic (exact) mass is 428 g/mol. The summed E-state index contributed by atoms with van der Waals surface area (Å²) in [5, 5.41) is 16.4. The van der Waals surface area contributed by atoms with Gasteiger partial charge in [0, 0.05) is 13.3 Å². The van der Waals surface area contributed by atoms with Crippen molar-refractivity contribution in [2.24, 2.45) is 5.73 Å². The van der Waals surface area contributed by atoms with Crippen molar-refractivity contribution in [1.29, 1.82) is 0 Å². The van der Waals surface area contributed by atoms with Gasteiger partial charge in [0.2, 0.25) is 23.6 Å². The van der Waals surface area contributed by atoms with E-state index < -0.39 is 41.9 Å². The number of rotatable bonds is 11. The van der Waals surface area contributed by atoms with Crippen LogP contribution in [0, 0.1) is 0 Å². The van der Waals surface area contributed by atoms with Crippen molar-refractivity contribution in [2.45, 2.75) is 89.6 Å². The van der Waals surface area contributed by atoms with Crippen LogP contribution >= 0.6 is 0 Å². The molecule has 170 valence electrons. The first kappa shape index (κ1) is 25.3. The fourth-order valence-electron chi connectivity index (χ4n) is 3.26. The van der Waals surface area contributed by atoms with Gasteiger partial charge in [0.05, 0.1) is 12.1 Å². The van der Waals surface area contributed by atoms with E-state index in [4.69, 9.17) is 15.6 Å². The minimum Gasteiger partial charge on any atom is -0.481 e. The number of amides is 4. The molecule has 1 fully saturated rings. The topological polar surface area (TPSA) is 177 Å². The largest absolute Gasteiger partial charge is 0.481 e. The molecule has 1 saturated carbocycles. The second kappa shape index (κ2) is 12.1. The van der Waals surface area contributed by atoms with Gasteiger partial charge in [-0.25, -0.2) is 0 Å². The van der Waals surface area contributed by atoms with E-state index in [0.717, 1.165) is 19.3 Å². The summed E-state index contributed by atoms with van der Waals surface area (Å²) in [7, 11) is 0. The molecule has 30 heavy (non-hydrogen) atoms. The van der Waals surface area contributed by atoms with Crippen molar-refractivity contribution >= 4 is 29.6 Å². The molecule has 0 heterocycles. The van der Waals surface area contributed by atoms with Gasteiger partial charge in [-0.05, 0) is 33.1 Å². The molecule has 0 spiro atoms. The van der Waals surface area contributed by atoms with E-state index in [1.165, 1.54) is 13.8 Å². The average Bonchev–Trinajstić information content (AvgIpc) is 2.65. The van der Waals surface area contributed by atoms with Crippen molar-refractivity contribution in [2.75, 3.05) is 0 Å². The van der Waals surface area contributed by atoms with Gasteiger partial charge in [0.15, 0.2) is 0 Å². The molecule has 0 saturated heterocycles. The van der Waals surface area contributed by atoms with Gasteiger partial charge in [0.25, 0.3) is 0 Å². The highest BCUT2D eigenvalue weighted by molar-refractivity contribution is 5.92. The molecule has 0 aromatic heterocycles. The van der Waals surface area contributed by atoms with Crippen LogP contribution in [-0.2, 0) is 28.7 Å². The van der Waals surface area contributed by atoms with Crippen LogP contribution in [0.3, 0.4) is 0 Å². The van der Waals surface area contributed by atoms with Gasteiger partial charge in [-0.15, -0.1) is 0 Å². The highest BCUT2D eigenvalue weighted by Gasteiger charge is 2.31. The molecule has 11 heteroatoms. The third-order valence-corrected chi connectivity index (χ3v) is 4.90. The number of hydrogen-bond acceptors (Lipinski definition) is 6. The average molecular weight is 428 g/mol. The summed E-state index contributed by atoms with van der Waals surface area (Å²) in [5.41, 5.74) is 5.19. The highest BCUT2D eigenvalue weighted by atomic mass is 16.5. The summed E-state index contributed by atoms with van der Waals surface area (Å²) < 4.78 is 5.83. The fraction of sp³-hybridized carbons (Fsp3) is 0.737. The van der Waals surface area contributed by atoms with Crippen LogP contribution in [0.1, 0.15) is 59.3 Å². The highest BCUT2D eigenvalue weighted by Crippen LogP contribution is 2.22. The smallest absolute Gasteiger partial charge is 0.303 e. The van der Waals surface area contributed by atoms with E-state index in [9.17, 15) is 24.0 Å². The summed E-state index contributed by atoms with van der Waals surface area (Å²) >= 11 is 0. The third-order valence-electron chi connectivity index (χ3n) is 4.90. The Balaban J connectivity index is 2.58. The predicted molar refractivity (Wildman–Crippen MR) is 106 cm³/mol. The number of hydrogen-bond donors (Lipinski definition) is 5. The lowest BCUT2D eigenvalue weighted by Crippen LogP contribution is -2.54. The number of carbonyl (C=O) groups excluding carboxylic acids is 4. The maximum Gasteiger partial charge on any atom is 0.303 e. The Morgan fingerprint density at radius 3 is 2.27 bits per heavy atom. The van der Waals surface area contributed by atoms with Gasteiger partial charge in [-0.2, -0.15) is 0 Å². The number of carboxylic acids is 1. The van der Waals surface area contributed by atoms with E-state index in [-0.39, 0.29) is 30.9 Å². The Bertz CT molecular complexity index is 655. The lowest BCUT2D eigenvalue weighted by atomic mass is 9.92. The maximum atomic E-state index is 12.4. The first-order valence-electron chi connectivity index (χ1n) is 10.1. The quantitative estimate of drug-likeness (QED) is 0.285. The summed E-state index contributed by atoms with van der Waals surface area (Å²) in [6, 6.07) is -2.31. The Kier molecular flexibility index (Phi) is 10.2. The molecule has 4 amide bonds. The zero-order valence-electron chi connectivity index (χ0n) is 17.6. The Hall–Kier alpha value is -2.69. The number of nitrogens with one attached hydrogen (secondary N) is 3. The Labute approximate surface area is 175 Å². The number of nitrogens with two attached hydrogens (primary N) is 1. The molecule has 6 N–H and O–H groups in total. The van der Waals surface area contributed by atoms with E-state index in [1.54, 1.807) is 6.92 Å². The first-order chi connectivity index (χ1) is 14.0. The van der Waals surface area contributed by atoms with Crippen LogP contribution in [0.2, 0.25) is 0 Å². The normalized spacial score (nSPS) is 21.6. The lowest BCUT2D eigenvalue weighted by Gasteiger charge is -2.33. The van der Waals surface area contributed by atoms with Crippen LogP contribution in [0.25, 0.3) is 0 Å². The molecular formula is C19H32N4O7. The van der Waals surface area contributed by atoms with Gasteiger partial charge >= 0.3 is 5.97 Å². The second-order valence-corrected chi connectivity index (χ2v) is 7.53. The van der Waals surface area contributed by atoms with Crippen molar-refractivity contribution in [3.8, 4) is 0 Å². The molecule has 0 aromatic carbocycles. The molecule has 0 aromatic rings. The number of carboxylic acid groups (broad SMARTS) is 1. The fourth-order valence-corrected chi connectivity index (χ4v) is 3.26. The van der Waals surface area contributed by atoms with Crippen LogP contribution in [0.4, 0.5) is 0 Å². The molecular weight excluding hydrogens is 396 g/mol. The van der Waals surface area contributed by atoms with Crippen LogP contribution in [0.15, 0.2) is 0 Å². The molecule has 1 aliphatic carbocycles. The molecule has 11 nitrogen and oxygen atoms in total. The van der Waals surface area contributed by atoms with Crippen molar-refractivity contribution in [1.82, 2.24) is 16.0 Å². The lowest BCUT2D eigenvalue weighted by molar-refractivity contribution is -0.141. The molecule has 1 aliphatic rings. The number of ether oxygens (including phenoxy) is 1. The number of aliphatic carboxylic acids is 1. The standard InChI is InChI=1S/C19H32N4O7/c1-10(18(28)23-14(17(20)27)8-9-16(25)26)21-19(29)11(2)30-15-7-5-4-6-13(15)22-12(3)24/h10-11,13-15H,4-9H2,1-3H3,(H2,20,27)(H,21,29)(H,22,24)(H,23,28)(H,25,26)/t10-,11-,13-,14+,15-/m0/s1. The SMILES string of the molecule is CC(=O)N[C@H]1CCCC[C@@H]1O[C@@H](C)C(=O)N[C@@H](C)C(=O)N[C@H](CCC(=O)O)C(N)=O. The van der Waals surface area contributed by atoms with E-state index in [2.05, 4.69) is 16.0 Å². The number of carbonyl (C=O) groups is 5. The summed E-state index contributed by atoms with van der Waals surface area (Å²) in [6.07, 6.45) is 1.72. The van der Waals surface area contributed by atoms with Crippen LogP contribution in [0.5, 0.6) is 0 Å². The molecule has 0 unspecified atom stereocenters. The Morgan fingerprint density at radius 1 is 1.07 bits per heavy atom. The first-order valence-corrected chi connectivity index (χ1v) is 10.1. The van der Waals surface area contributed by atoms with Gasteiger partial charge in [0.1, 0.15) is 18.2 Å². The molecule has 0 bridgehead atoms. The van der Waals surface area contributed by atoms with Crippen LogP contribution < -0.4 is 21.7 Å². The minimum absolute atomic E-state index is 0.150. The maximum absolute atomic E-state index is 12.4. The van der Waals surface area contributed by atoms with E-state index in [0.29, 0.717) is 6.42 Å². The summed E-state index contributed by atoms with van der Waals surface area (Å²) in [4.78, 5) is 58.1. The molecule has 0 radical (unpaired) electrons. The van der Waals surface area contributed by atoms with E-state index >= 15 is 0 Å². The van der Waals surface area contributed by atoms with Crippen molar-refractivity contribution in [3.63, 3.8) is 0 Å².